The third-order valence-corrected chi connectivity index (χ3v) is 4.46. The lowest BCUT2D eigenvalue weighted by Gasteiger charge is -2.28. The van der Waals surface area contributed by atoms with E-state index in [0.29, 0.717) is 5.75 Å². The van der Waals surface area contributed by atoms with E-state index in [0.717, 1.165) is 27.8 Å². The van der Waals surface area contributed by atoms with Gasteiger partial charge in [-0.2, -0.15) is 0 Å². The van der Waals surface area contributed by atoms with Crippen molar-refractivity contribution < 1.29 is 5.11 Å². The Kier molecular flexibility index (Phi) is 4.72. The zero-order valence-electron chi connectivity index (χ0n) is 14.9. The zero-order valence-corrected chi connectivity index (χ0v) is 15.8. The van der Waals surface area contributed by atoms with Crippen LogP contribution >= 0.6 is 12.2 Å². The van der Waals surface area contributed by atoms with E-state index in [4.69, 9.17) is 12.2 Å². The molecule has 0 aliphatic rings. The molecule has 1 aromatic carbocycles. The fourth-order valence-corrected chi connectivity index (χ4v) is 2.96. The van der Waals surface area contributed by atoms with Crippen LogP contribution < -0.4 is 0 Å². The third-order valence-electron chi connectivity index (χ3n) is 4.08. The van der Waals surface area contributed by atoms with Crippen LogP contribution in [0.4, 0.5) is 0 Å². The molecule has 1 heterocycles. The molecule has 124 valence electrons. The Bertz CT molecular complexity index is 725. The van der Waals surface area contributed by atoms with E-state index < -0.39 is 0 Å². The summed E-state index contributed by atoms with van der Waals surface area (Å²) in [4.78, 5) is 3.09. The molecule has 0 bridgehead atoms. The Labute approximate surface area is 144 Å². The Morgan fingerprint density at radius 3 is 1.96 bits per heavy atom. The summed E-state index contributed by atoms with van der Waals surface area (Å²) < 4.78 is 0.773. The number of phenolic OH excluding ortho intramolecular Hbond substituents is 1. The fourth-order valence-electron chi connectivity index (χ4n) is 2.76. The molecular weight excluding hydrogens is 302 g/mol. The summed E-state index contributed by atoms with van der Waals surface area (Å²) in [5, 5.41) is 10.8. The molecule has 0 saturated carbocycles. The molecule has 0 fully saturated rings. The molecule has 0 aliphatic carbocycles. The van der Waals surface area contributed by atoms with Crippen molar-refractivity contribution in [1.82, 2.24) is 4.98 Å². The first kappa shape index (κ1) is 17.7. The summed E-state index contributed by atoms with van der Waals surface area (Å²) in [6.07, 6.45) is 2.62. The van der Waals surface area contributed by atoms with Crippen molar-refractivity contribution in [3.05, 3.63) is 57.4 Å². The minimum atomic E-state index is -0.111. The van der Waals surface area contributed by atoms with Crippen LogP contribution in [0, 0.1) is 4.64 Å². The lowest BCUT2D eigenvalue weighted by molar-refractivity contribution is 0.423. The minimum Gasteiger partial charge on any atom is -0.507 e. The van der Waals surface area contributed by atoms with Crippen LogP contribution in [0.1, 0.15) is 63.8 Å². The summed E-state index contributed by atoms with van der Waals surface area (Å²) in [5.41, 5.74) is 4.05. The van der Waals surface area contributed by atoms with Crippen LogP contribution in [0.2, 0.25) is 0 Å². The van der Waals surface area contributed by atoms with E-state index in [1.807, 2.05) is 12.3 Å². The molecule has 2 N–H and O–H groups in total. The zero-order chi connectivity index (χ0) is 17.4. The number of H-pyrrole nitrogens is 1. The molecule has 23 heavy (non-hydrogen) atoms. The van der Waals surface area contributed by atoms with E-state index >= 15 is 0 Å². The fraction of sp³-hybridized carbons (Fsp3) is 0.450. The number of rotatable bonds is 2. The van der Waals surface area contributed by atoms with E-state index in [1.54, 1.807) is 0 Å². The van der Waals surface area contributed by atoms with Crippen LogP contribution in [0.5, 0.6) is 5.75 Å². The predicted molar refractivity (Wildman–Crippen MR) is 99.9 cm³/mol. The van der Waals surface area contributed by atoms with Crippen LogP contribution in [0.3, 0.4) is 0 Å². The number of aromatic amines is 1. The maximum Gasteiger partial charge on any atom is 0.123 e. The first-order chi connectivity index (χ1) is 10.5. The van der Waals surface area contributed by atoms with Crippen LogP contribution in [0.15, 0.2) is 30.5 Å². The largest absolute Gasteiger partial charge is 0.507 e. The number of benzene rings is 1. The van der Waals surface area contributed by atoms with Crippen LogP contribution in [-0.2, 0) is 17.3 Å². The second-order valence-corrected chi connectivity index (χ2v) is 8.65. The number of pyridine rings is 1. The van der Waals surface area contributed by atoms with Gasteiger partial charge >= 0.3 is 0 Å². The molecule has 2 aromatic rings. The van der Waals surface area contributed by atoms with Crippen molar-refractivity contribution in [2.75, 3.05) is 0 Å². The van der Waals surface area contributed by atoms with Crippen molar-refractivity contribution in [3.8, 4) is 5.75 Å². The topological polar surface area (TPSA) is 36.0 Å². The molecule has 0 spiro atoms. The number of aromatic hydroxyl groups is 1. The predicted octanol–water partition coefficient (Wildman–Crippen LogP) is 5.64. The van der Waals surface area contributed by atoms with Gasteiger partial charge in [0.1, 0.15) is 10.4 Å². The van der Waals surface area contributed by atoms with Gasteiger partial charge in [-0.15, -0.1) is 0 Å². The monoisotopic (exact) mass is 329 g/mol. The number of phenols is 1. The highest BCUT2D eigenvalue weighted by molar-refractivity contribution is 7.71. The molecular formula is C20H27NOS. The number of aromatic nitrogens is 1. The minimum absolute atomic E-state index is 0.111. The second kappa shape index (κ2) is 6.12. The van der Waals surface area contributed by atoms with Gasteiger partial charge in [-0.3, -0.25) is 0 Å². The molecule has 0 aliphatic heterocycles. The van der Waals surface area contributed by atoms with E-state index in [1.165, 1.54) is 5.56 Å². The molecule has 2 nitrogen and oxygen atoms in total. The Balaban J connectivity index is 2.61. The second-order valence-electron chi connectivity index (χ2n) is 8.24. The van der Waals surface area contributed by atoms with E-state index in [9.17, 15) is 5.11 Å². The summed E-state index contributed by atoms with van der Waals surface area (Å²) >= 11 is 5.38. The van der Waals surface area contributed by atoms with Crippen LogP contribution in [0.25, 0.3) is 0 Å². The van der Waals surface area contributed by atoms with Crippen molar-refractivity contribution in [1.29, 1.82) is 0 Å². The SMILES string of the molecule is CC(C)(C)c1cc(Cc2ccc[nH]c2=S)cc(C(C)(C)C)c1O. The van der Waals surface area contributed by atoms with E-state index in [-0.39, 0.29) is 10.8 Å². The average molecular weight is 330 g/mol. The van der Waals surface area contributed by atoms with Crippen molar-refractivity contribution in [2.45, 2.75) is 58.8 Å². The number of hydrogen-bond acceptors (Lipinski definition) is 2. The first-order valence-electron chi connectivity index (χ1n) is 8.03. The highest BCUT2D eigenvalue weighted by Gasteiger charge is 2.26. The molecule has 2 rings (SSSR count). The standard InChI is InChI=1S/C20H27NOS/c1-19(2,3)15-11-13(10-14-8-7-9-21-18(14)23)12-16(17(15)22)20(4,5)6/h7-9,11-12,22H,10H2,1-6H3,(H,21,23). The van der Waals surface area contributed by atoms with Gasteiger partial charge < -0.3 is 10.1 Å². The normalized spacial score (nSPS) is 12.4. The first-order valence-corrected chi connectivity index (χ1v) is 8.44. The molecule has 0 radical (unpaired) electrons. The van der Waals surface area contributed by atoms with Gasteiger partial charge in [-0.1, -0.05) is 72.0 Å². The van der Waals surface area contributed by atoms with Crippen molar-refractivity contribution >= 4 is 12.2 Å². The molecule has 0 atom stereocenters. The molecule has 3 heteroatoms. The summed E-state index contributed by atoms with van der Waals surface area (Å²) in [6.45, 7) is 12.8. The highest BCUT2D eigenvalue weighted by Crippen LogP contribution is 2.40. The van der Waals surface area contributed by atoms with Gasteiger partial charge in [0, 0.05) is 12.6 Å². The summed E-state index contributed by atoms with van der Waals surface area (Å²) in [7, 11) is 0. The van der Waals surface area contributed by atoms with E-state index in [2.05, 4.69) is 64.7 Å². The average Bonchev–Trinajstić information content (AvgIpc) is 2.40. The molecule has 0 unspecified atom stereocenters. The number of hydrogen-bond donors (Lipinski definition) is 2. The van der Waals surface area contributed by atoms with Gasteiger partial charge in [-0.25, -0.2) is 0 Å². The van der Waals surface area contributed by atoms with Gasteiger partial charge in [0.2, 0.25) is 0 Å². The van der Waals surface area contributed by atoms with Gasteiger partial charge in [0.15, 0.2) is 0 Å². The summed E-state index contributed by atoms with van der Waals surface area (Å²) in [5.74, 6) is 0.423. The molecule has 0 saturated heterocycles. The smallest absolute Gasteiger partial charge is 0.123 e. The van der Waals surface area contributed by atoms with Crippen LogP contribution in [-0.4, -0.2) is 10.1 Å². The van der Waals surface area contributed by atoms with Crippen molar-refractivity contribution in [3.63, 3.8) is 0 Å². The third kappa shape index (κ3) is 4.03. The number of nitrogens with one attached hydrogen (secondary N) is 1. The summed E-state index contributed by atoms with van der Waals surface area (Å²) in [6, 6.07) is 8.26. The van der Waals surface area contributed by atoms with Gasteiger partial charge in [0.05, 0.1) is 0 Å². The van der Waals surface area contributed by atoms with Crippen molar-refractivity contribution in [2.24, 2.45) is 0 Å². The lowest BCUT2D eigenvalue weighted by atomic mass is 9.78. The Hall–Kier alpha value is -1.61. The lowest BCUT2D eigenvalue weighted by Crippen LogP contribution is -2.18. The molecule has 1 aromatic heterocycles. The van der Waals surface area contributed by atoms with Gasteiger partial charge in [0.25, 0.3) is 0 Å². The van der Waals surface area contributed by atoms with Gasteiger partial charge in [-0.05, 0) is 39.2 Å². The molecule has 0 amide bonds. The maximum atomic E-state index is 10.8. The highest BCUT2D eigenvalue weighted by atomic mass is 32.1. The Morgan fingerprint density at radius 2 is 1.52 bits per heavy atom. The Morgan fingerprint density at radius 1 is 1.00 bits per heavy atom. The quantitative estimate of drug-likeness (QED) is 0.700. The maximum absolute atomic E-state index is 10.8.